The van der Waals surface area contributed by atoms with Crippen LogP contribution in [0.25, 0.3) is 0 Å². The molecule has 7 nitrogen and oxygen atoms in total. The van der Waals surface area contributed by atoms with Crippen LogP contribution >= 0.6 is 11.6 Å². The molecule has 1 aliphatic rings. The van der Waals surface area contributed by atoms with Crippen LogP contribution in [0.5, 0.6) is 5.75 Å². The normalized spacial score (nSPS) is 14.5. The second-order valence-electron chi connectivity index (χ2n) is 6.23. The zero-order valence-corrected chi connectivity index (χ0v) is 16.2. The number of halogens is 2. The van der Waals surface area contributed by atoms with Gasteiger partial charge in [0.15, 0.2) is 16.4 Å². The van der Waals surface area contributed by atoms with Crippen molar-refractivity contribution in [2.24, 2.45) is 0 Å². The predicted molar refractivity (Wildman–Crippen MR) is 102 cm³/mol. The van der Waals surface area contributed by atoms with Gasteiger partial charge in [0.05, 0.1) is 21.5 Å². The van der Waals surface area contributed by atoms with Crippen LogP contribution in [0.15, 0.2) is 41.3 Å². The van der Waals surface area contributed by atoms with Gasteiger partial charge in [0.2, 0.25) is 5.91 Å². The Bertz CT molecular complexity index is 1060. The van der Waals surface area contributed by atoms with Crippen molar-refractivity contribution in [3.8, 4) is 5.75 Å². The van der Waals surface area contributed by atoms with Crippen molar-refractivity contribution >= 4 is 44.6 Å². The number of ether oxygens (including phenoxy) is 1. The molecular formula is C18H16ClFN2O5S. The number of rotatable bonds is 5. The second kappa shape index (κ2) is 7.76. The van der Waals surface area contributed by atoms with Gasteiger partial charge in [-0.2, -0.15) is 0 Å². The minimum atomic E-state index is -3.86. The summed E-state index contributed by atoms with van der Waals surface area (Å²) in [7, 11) is -3.86. The zero-order valence-electron chi connectivity index (χ0n) is 14.7. The third kappa shape index (κ3) is 4.26. The van der Waals surface area contributed by atoms with E-state index in [-0.39, 0.29) is 40.3 Å². The van der Waals surface area contributed by atoms with Crippen molar-refractivity contribution in [1.29, 1.82) is 0 Å². The number of fused-ring (bicyclic) bond motifs is 1. The van der Waals surface area contributed by atoms with E-state index in [4.69, 9.17) is 16.3 Å². The lowest BCUT2D eigenvalue weighted by atomic mass is 10.2. The summed E-state index contributed by atoms with van der Waals surface area (Å²) in [6.45, 7) is 1.18. The van der Waals surface area contributed by atoms with Crippen LogP contribution in [0.2, 0.25) is 5.02 Å². The van der Waals surface area contributed by atoms with Crippen LogP contribution < -0.4 is 15.4 Å². The summed E-state index contributed by atoms with van der Waals surface area (Å²) in [4.78, 5) is 23.4. The van der Waals surface area contributed by atoms with Crippen LogP contribution in [0.3, 0.4) is 0 Å². The quantitative estimate of drug-likeness (QED) is 0.765. The molecule has 2 aromatic rings. The van der Waals surface area contributed by atoms with Crippen molar-refractivity contribution in [3.05, 3.63) is 47.2 Å². The smallest absolute Gasteiger partial charge is 0.262 e. The first kappa shape index (κ1) is 20.1. The number of anilines is 2. The molecule has 0 spiro atoms. The van der Waals surface area contributed by atoms with Gasteiger partial charge in [0.1, 0.15) is 11.6 Å². The van der Waals surface area contributed by atoms with Gasteiger partial charge in [0.25, 0.3) is 5.91 Å². The number of sulfone groups is 1. The second-order valence-corrected chi connectivity index (χ2v) is 9.03. The van der Waals surface area contributed by atoms with Crippen LogP contribution in [-0.4, -0.2) is 32.1 Å². The SMILES string of the molecule is CC(CC(=O)Nc1ccc(Cl)cc1F)S(=O)(=O)c1ccc2c(c1)OCC(=O)N2. The Morgan fingerprint density at radius 3 is 2.79 bits per heavy atom. The number of carbonyl (C=O) groups is 2. The van der Waals surface area contributed by atoms with E-state index in [1.54, 1.807) is 0 Å². The number of carbonyl (C=O) groups excluding carboxylic acids is 2. The molecule has 0 aromatic heterocycles. The molecule has 148 valence electrons. The summed E-state index contributed by atoms with van der Waals surface area (Å²) in [6.07, 6.45) is -0.376. The summed E-state index contributed by atoms with van der Waals surface area (Å²) < 4.78 is 44.5. The molecule has 0 fully saturated rings. The molecule has 1 atom stereocenters. The van der Waals surface area contributed by atoms with E-state index in [0.717, 1.165) is 6.07 Å². The monoisotopic (exact) mass is 426 g/mol. The highest BCUT2D eigenvalue weighted by Crippen LogP contribution is 2.32. The lowest BCUT2D eigenvalue weighted by Gasteiger charge is -2.19. The third-order valence-corrected chi connectivity index (χ3v) is 6.49. The Kier molecular flexibility index (Phi) is 5.57. The van der Waals surface area contributed by atoms with Crippen LogP contribution in [0.4, 0.5) is 15.8 Å². The summed E-state index contributed by atoms with van der Waals surface area (Å²) >= 11 is 5.66. The van der Waals surface area contributed by atoms with Gasteiger partial charge in [0, 0.05) is 17.5 Å². The largest absolute Gasteiger partial charge is 0.482 e. The Hall–Kier alpha value is -2.65. The Morgan fingerprint density at radius 2 is 2.07 bits per heavy atom. The van der Waals surface area contributed by atoms with Gasteiger partial charge < -0.3 is 15.4 Å². The predicted octanol–water partition coefficient (Wildman–Crippen LogP) is 3.00. The first-order chi connectivity index (χ1) is 13.2. The molecule has 1 unspecified atom stereocenters. The Balaban J connectivity index is 1.73. The molecule has 0 radical (unpaired) electrons. The molecule has 0 saturated heterocycles. The average molecular weight is 427 g/mol. The highest BCUT2D eigenvalue weighted by atomic mass is 35.5. The van der Waals surface area contributed by atoms with E-state index in [2.05, 4.69) is 10.6 Å². The van der Waals surface area contributed by atoms with Crippen molar-refractivity contribution in [3.63, 3.8) is 0 Å². The van der Waals surface area contributed by atoms with Gasteiger partial charge in [-0.3, -0.25) is 9.59 Å². The molecule has 2 N–H and O–H groups in total. The molecular weight excluding hydrogens is 411 g/mol. The fourth-order valence-electron chi connectivity index (χ4n) is 2.63. The van der Waals surface area contributed by atoms with Gasteiger partial charge in [-0.15, -0.1) is 0 Å². The summed E-state index contributed by atoms with van der Waals surface area (Å²) in [5.41, 5.74) is 0.288. The molecule has 1 heterocycles. The van der Waals surface area contributed by atoms with E-state index < -0.39 is 26.8 Å². The van der Waals surface area contributed by atoms with Crippen LogP contribution in [0.1, 0.15) is 13.3 Å². The minimum Gasteiger partial charge on any atom is -0.482 e. The van der Waals surface area contributed by atoms with Crippen molar-refractivity contribution in [2.45, 2.75) is 23.5 Å². The number of amides is 2. The molecule has 0 bridgehead atoms. The summed E-state index contributed by atoms with van der Waals surface area (Å²) in [5, 5.41) is 4.01. The summed E-state index contributed by atoms with van der Waals surface area (Å²) in [5.74, 6) is -1.47. The van der Waals surface area contributed by atoms with Gasteiger partial charge in [-0.05, 0) is 37.3 Å². The Labute approximate surface area is 165 Å². The highest BCUT2D eigenvalue weighted by Gasteiger charge is 2.28. The fraction of sp³-hybridized carbons (Fsp3) is 0.222. The van der Waals surface area contributed by atoms with Crippen LogP contribution in [0, 0.1) is 5.82 Å². The van der Waals surface area contributed by atoms with E-state index in [9.17, 15) is 22.4 Å². The molecule has 3 rings (SSSR count). The first-order valence-electron chi connectivity index (χ1n) is 8.22. The van der Waals surface area contributed by atoms with E-state index in [0.29, 0.717) is 5.69 Å². The van der Waals surface area contributed by atoms with Crippen molar-refractivity contribution in [2.75, 3.05) is 17.2 Å². The van der Waals surface area contributed by atoms with Gasteiger partial charge >= 0.3 is 0 Å². The van der Waals surface area contributed by atoms with Crippen molar-refractivity contribution < 1.29 is 27.1 Å². The lowest BCUT2D eigenvalue weighted by Crippen LogP contribution is -2.27. The standard InChI is InChI=1S/C18H16ClFN2O5S/c1-10(6-17(23)21-14-4-2-11(19)7-13(14)20)28(25,26)12-3-5-15-16(8-12)27-9-18(24)22-15/h2-5,7-8,10H,6,9H2,1H3,(H,21,23)(H,22,24). The number of hydrogen-bond acceptors (Lipinski definition) is 5. The third-order valence-electron chi connectivity index (χ3n) is 4.12. The van der Waals surface area contributed by atoms with Gasteiger partial charge in [-0.1, -0.05) is 11.6 Å². The van der Waals surface area contributed by atoms with E-state index >= 15 is 0 Å². The maximum absolute atomic E-state index is 13.8. The molecule has 2 amide bonds. The fourth-order valence-corrected chi connectivity index (χ4v) is 4.15. The zero-order chi connectivity index (χ0) is 20.5. The highest BCUT2D eigenvalue weighted by molar-refractivity contribution is 7.92. The molecule has 0 aliphatic carbocycles. The van der Waals surface area contributed by atoms with Gasteiger partial charge in [-0.25, -0.2) is 12.8 Å². The molecule has 0 saturated carbocycles. The minimum absolute atomic E-state index is 0.0413. The molecule has 28 heavy (non-hydrogen) atoms. The number of hydrogen-bond donors (Lipinski definition) is 2. The molecule has 2 aromatic carbocycles. The molecule has 10 heteroatoms. The van der Waals surface area contributed by atoms with Crippen molar-refractivity contribution in [1.82, 2.24) is 0 Å². The van der Waals surface area contributed by atoms with Crippen LogP contribution in [-0.2, 0) is 19.4 Å². The summed E-state index contributed by atoms with van der Waals surface area (Å²) in [6, 6.07) is 7.81. The average Bonchev–Trinajstić information content (AvgIpc) is 2.63. The first-order valence-corrected chi connectivity index (χ1v) is 10.1. The topological polar surface area (TPSA) is 102 Å². The Morgan fingerprint density at radius 1 is 1.32 bits per heavy atom. The number of benzene rings is 2. The lowest BCUT2D eigenvalue weighted by molar-refractivity contribution is -0.118. The maximum atomic E-state index is 13.8. The maximum Gasteiger partial charge on any atom is 0.262 e. The molecule has 1 aliphatic heterocycles. The number of nitrogens with one attached hydrogen (secondary N) is 2. The van der Waals surface area contributed by atoms with E-state index in [1.807, 2.05) is 0 Å². The van der Waals surface area contributed by atoms with E-state index in [1.165, 1.54) is 37.3 Å².